The van der Waals surface area contributed by atoms with Crippen LogP contribution in [-0.2, 0) is 6.42 Å². The van der Waals surface area contributed by atoms with Crippen LogP contribution in [0.5, 0.6) is 17.2 Å². The number of nitrogens with zero attached hydrogens (tertiary/aromatic N) is 4. The van der Waals surface area contributed by atoms with Crippen molar-refractivity contribution in [3.8, 4) is 17.2 Å². The third-order valence-corrected chi connectivity index (χ3v) is 6.90. The monoisotopic (exact) mass is 474 g/mol. The number of carbonyl (C=O) groups is 1. The number of carbonyl (C=O) groups excluding carboxylic acids is 1. The normalized spacial score (nSPS) is 17.7. The largest absolute Gasteiger partial charge is 0.497 e. The van der Waals surface area contributed by atoms with Crippen LogP contribution in [0.15, 0.2) is 48.7 Å². The van der Waals surface area contributed by atoms with Crippen LogP contribution >= 0.6 is 0 Å². The Hall–Kier alpha value is -3.81. The lowest BCUT2D eigenvalue weighted by atomic mass is 9.82. The van der Waals surface area contributed by atoms with Gasteiger partial charge in [-0.05, 0) is 30.2 Å². The highest BCUT2D eigenvalue weighted by molar-refractivity contribution is 5.98. The number of benzene rings is 2. The molecule has 1 aliphatic carbocycles. The Bertz CT molecular complexity index is 1220. The fourth-order valence-electron chi connectivity index (χ4n) is 5.00. The SMILES string of the molecule is COc1ccc([C@@H]2CC(=O)c3cnc(N4CCN(c5ccccc5OC)CC4)nc3C2)c(OC)c1. The van der Waals surface area contributed by atoms with E-state index in [1.54, 1.807) is 27.5 Å². The number of para-hydroxylation sites is 2. The molecular formula is C27H30N4O4. The topological polar surface area (TPSA) is 77.0 Å². The van der Waals surface area contributed by atoms with Crippen molar-refractivity contribution >= 4 is 17.4 Å². The van der Waals surface area contributed by atoms with Crippen LogP contribution in [0.1, 0.15) is 34.0 Å². The lowest BCUT2D eigenvalue weighted by molar-refractivity contribution is 0.0962. The van der Waals surface area contributed by atoms with Crippen LogP contribution in [0.4, 0.5) is 11.6 Å². The molecule has 0 saturated carbocycles. The minimum absolute atomic E-state index is 0.000925. The summed E-state index contributed by atoms with van der Waals surface area (Å²) in [4.78, 5) is 26.9. The number of ether oxygens (including phenoxy) is 3. The first-order chi connectivity index (χ1) is 17.1. The Kier molecular flexibility index (Phi) is 6.44. The van der Waals surface area contributed by atoms with E-state index in [0.29, 0.717) is 24.4 Å². The Labute approximate surface area is 205 Å². The van der Waals surface area contributed by atoms with Crippen molar-refractivity contribution in [3.63, 3.8) is 0 Å². The number of anilines is 2. The molecular weight excluding hydrogens is 444 g/mol. The average molecular weight is 475 g/mol. The fraction of sp³-hybridized carbons (Fsp3) is 0.370. The van der Waals surface area contributed by atoms with Gasteiger partial charge in [0.15, 0.2) is 5.78 Å². The zero-order valence-electron chi connectivity index (χ0n) is 20.4. The summed E-state index contributed by atoms with van der Waals surface area (Å²) in [7, 11) is 4.97. The molecule has 3 aromatic rings. The number of hydrogen-bond donors (Lipinski definition) is 0. The second kappa shape index (κ2) is 9.82. The van der Waals surface area contributed by atoms with Crippen LogP contribution in [0.3, 0.4) is 0 Å². The highest BCUT2D eigenvalue weighted by atomic mass is 16.5. The molecule has 1 aliphatic heterocycles. The van der Waals surface area contributed by atoms with E-state index < -0.39 is 0 Å². The van der Waals surface area contributed by atoms with Crippen LogP contribution in [0.2, 0.25) is 0 Å². The summed E-state index contributed by atoms with van der Waals surface area (Å²) in [5.74, 6) is 3.09. The fourth-order valence-corrected chi connectivity index (χ4v) is 5.00. The van der Waals surface area contributed by atoms with E-state index >= 15 is 0 Å². The van der Waals surface area contributed by atoms with Gasteiger partial charge in [0, 0.05) is 50.8 Å². The third-order valence-electron chi connectivity index (χ3n) is 6.90. The predicted octanol–water partition coefficient (Wildman–Crippen LogP) is 3.74. The zero-order chi connectivity index (χ0) is 24.4. The summed E-state index contributed by atoms with van der Waals surface area (Å²) in [5, 5.41) is 0. The van der Waals surface area contributed by atoms with E-state index in [9.17, 15) is 4.79 Å². The molecule has 0 amide bonds. The molecule has 0 unspecified atom stereocenters. The van der Waals surface area contributed by atoms with E-state index in [2.05, 4.69) is 20.9 Å². The first kappa shape index (κ1) is 23.0. The third kappa shape index (κ3) is 4.48. The summed E-state index contributed by atoms with van der Waals surface area (Å²) in [5.41, 5.74) is 3.53. The van der Waals surface area contributed by atoms with Gasteiger partial charge in [-0.1, -0.05) is 18.2 Å². The highest BCUT2D eigenvalue weighted by Gasteiger charge is 2.31. The summed E-state index contributed by atoms with van der Waals surface area (Å²) in [6, 6.07) is 13.8. The van der Waals surface area contributed by atoms with Gasteiger partial charge in [0.2, 0.25) is 5.95 Å². The molecule has 182 valence electrons. The zero-order valence-corrected chi connectivity index (χ0v) is 20.4. The lowest BCUT2D eigenvalue weighted by Crippen LogP contribution is -2.47. The molecule has 0 bridgehead atoms. The molecule has 0 N–H and O–H groups in total. The summed E-state index contributed by atoms with van der Waals surface area (Å²) < 4.78 is 16.5. The van der Waals surface area contributed by atoms with E-state index in [4.69, 9.17) is 19.2 Å². The van der Waals surface area contributed by atoms with Crippen molar-refractivity contribution in [1.29, 1.82) is 0 Å². The molecule has 2 aliphatic rings. The summed E-state index contributed by atoms with van der Waals surface area (Å²) in [6.07, 6.45) is 2.78. The average Bonchev–Trinajstić information content (AvgIpc) is 2.92. The van der Waals surface area contributed by atoms with Crippen molar-refractivity contribution in [1.82, 2.24) is 9.97 Å². The van der Waals surface area contributed by atoms with Crippen molar-refractivity contribution in [3.05, 3.63) is 65.5 Å². The Morgan fingerprint density at radius 3 is 2.34 bits per heavy atom. The lowest BCUT2D eigenvalue weighted by Gasteiger charge is -2.37. The molecule has 35 heavy (non-hydrogen) atoms. The molecule has 1 atom stereocenters. The number of fused-ring (bicyclic) bond motifs is 1. The van der Waals surface area contributed by atoms with Gasteiger partial charge < -0.3 is 24.0 Å². The maximum Gasteiger partial charge on any atom is 0.225 e. The second-order valence-corrected chi connectivity index (χ2v) is 8.81. The minimum Gasteiger partial charge on any atom is -0.497 e. The van der Waals surface area contributed by atoms with Gasteiger partial charge in [-0.15, -0.1) is 0 Å². The Balaban J connectivity index is 1.34. The number of rotatable bonds is 6. The van der Waals surface area contributed by atoms with Crippen molar-refractivity contribution in [2.75, 3.05) is 57.3 Å². The smallest absolute Gasteiger partial charge is 0.225 e. The van der Waals surface area contributed by atoms with Crippen LogP contribution in [0, 0.1) is 0 Å². The van der Waals surface area contributed by atoms with E-state index in [-0.39, 0.29) is 11.7 Å². The molecule has 5 rings (SSSR count). The molecule has 8 nitrogen and oxygen atoms in total. The highest BCUT2D eigenvalue weighted by Crippen LogP contribution is 2.38. The standard InChI is InChI=1S/C27H30N4O4/c1-33-19-8-9-20(26(16-19)35-3)18-14-22-21(24(32)15-18)17-28-27(29-22)31-12-10-30(11-13-31)23-6-4-5-7-25(23)34-2/h4-9,16-18H,10-15H2,1-3H3/t18-/m0/s1. The first-order valence-corrected chi connectivity index (χ1v) is 11.8. The van der Waals surface area contributed by atoms with Gasteiger partial charge in [0.25, 0.3) is 0 Å². The minimum atomic E-state index is 0.000925. The first-order valence-electron chi connectivity index (χ1n) is 11.8. The maximum atomic E-state index is 13.0. The Morgan fingerprint density at radius 2 is 1.60 bits per heavy atom. The molecule has 2 heterocycles. The van der Waals surface area contributed by atoms with Crippen molar-refractivity contribution < 1.29 is 19.0 Å². The number of piperazine rings is 1. The number of methoxy groups -OCH3 is 3. The summed E-state index contributed by atoms with van der Waals surface area (Å²) in [6.45, 7) is 3.26. The van der Waals surface area contributed by atoms with E-state index in [1.807, 2.05) is 36.4 Å². The van der Waals surface area contributed by atoms with Gasteiger partial charge in [-0.25, -0.2) is 9.97 Å². The molecule has 2 aromatic carbocycles. The number of ketones is 1. The van der Waals surface area contributed by atoms with E-state index in [0.717, 1.165) is 60.4 Å². The van der Waals surface area contributed by atoms with Gasteiger partial charge in [0.05, 0.1) is 38.3 Å². The number of Topliss-reactive ketones (excluding diaryl/α,β-unsaturated/α-hetero) is 1. The molecule has 8 heteroatoms. The molecule has 0 spiro atoms. The van der Waals surface area contributed by atoms with Gasteiger partial charge in [-0.3, -0.25) is 4.79 Å². The van der Waals surface area contributed by atoms with Gasteiger partial charge in [-0.2, -0.15) is 0 Å². The van der Waals surface area contributed by atoms with Crippen LogP contribution in [0.25, 0.3) is 0 Å². The van der Waals surface area contributed by atoms with E-state index in [1.165, 1.54) is 0 Å². The maximum absolute atomic E-state index is 13.0. The number of hydrogen-bond acceptors (Lipinski definition) is 8. The van der Waals surface area contributed by atoms with Gasteiger partial charge >= 0.3 is 0 Å². The molecule has 1 saturated heterocycles. The van der Waals surface area contributed by atoms with Crippen LogP contribution in [-0.4, -0.2) is 63.3 Å². The molecule has 1 aromatic heterocycles. The van der Waals surface area contributed by atoms with Crippen LogP contribution < -0.4 is 24.0 Å². The second-order valence-electron chi connectivity index (χ2n) is 8.81. The van der Waals surface area contributed by atoms with Crippen molar-refractivity contribution in [2.24, 2.45) is 0 Å². The molecule has 0 radical (unpaired) electrons. The number of aromatic nitrogens is 2. The Morgan fingerprint density at radius 1 is 0.857 bits per heavy atom. The quantitative estimate of drug-likeness (QED) is 0.535. The van der Waals surface area contributed by atoms with Gasteiger partial charge in [0.1, 0.15) is 17.2 Å². The molecule has 1 fully saturated rings. The van der Waals surface area contributed by atoms with Crippen molar-refractivity contribution in [2.45, 2.75) is 18.8 Å². The predicted molar refractivity (Wildman–Crippen MR) is 134 cm³/mol. The summed E-state index contributed by atoms with van der Waals surface area (Å²) >= 11 is 0.